The number of benzene rings is 1. The molecule has 4 rings (SSSR count). The summed E-state index contributed by atoms with van der Waals surface area (Å²) in [6.45, 7) is 1.68. The normalized spacial score (nSPS) is 26.4. The molecule has 0 aromatic heterocycles. The van der Waals surface area contributed by atoms with E-state index in [0.717, 1.165) is 24.2 Å². The van der Waals surface area contributed by atoms with Gasteiger partial charge in [-0.25, -0.2) is 4.79 Å². The number of hydrogen-bond acceptors (Lipinski definition) is 5. The molecule has 27 heavy (non-hydrogen) atoms. The van der Waals surface area contributed by atoms with E-state index < -0.39 is 17.5 Å². The van der Waals surface area contributed by atoms with Gasteiger partial charge >= 0.3 is 6.03 Å². The van der Waals surface area contributed by atoms with Crippen molar-refractivity contribution in [3.05, 3.63) is 17.2 Å². The zero-order valence-electron chi connectivity index (χ0n) is 14.8. The molecule has 1 aliphatic carbocycles. The van der Waals surface area contributed by atoms with Crippen LogP contribution >= 0.6 is 11.6 Å². The summed E-state index contributed by atoms with van der Waals surface area (Å²) in [5.41, 5.74) is -0.551. The first kappa shape index (κ1) is 17.9. The van der Waals surface area contributed by atoms with Crippen LogP contribution in [0.2, 0.25) is 5.02 Å². The van der Waals surface area contributed by atoms with E-state index in [0.29, 0.717) is 23.6 Å². The minimum Gasteiger partial charge on any atom is -0.454 e. The average Bonchev–Trinajstić information content (AvgIpc) is 3.16. The van der Waals surface area contributed by atoms with Gasteiger partial charge in [-0.1, -0.05) is 31.4 Å². The Labute approximate surface area is 161 Å². The van der Waals surface area contributed by atoms with Crippen molar-refractivity contribution in [2.24, 2.45) is 5.92 Å². The molecule has 2 unspecified atom stereocenters. The van der Waals surface area contributed by atoms with E-state index in [9.17, 15) is 14.4 Å². The third kappa shape index (κ3) is 2.97. The van der Waals surface area contributed by atoms with Crippen LogP contribution in [0.1, 0.15) is 32.6 Å². The number of carbonyl (C=O) groups excluding carboxylic acids is 3. The van der Waals surface area contributed by atoms with Crippen molar-refractivity contribution in [1.29, 1.82) is 0 Å². The third-order valence-corrected chi connectivity index (χ3v) is 5.85. The highest BCUT2D eigenvalue weighted by molar-refractivity contribution is 6.34. The number of ether oxygens (including phenoxy) is 2. The average molecular weight is 394 g/mol. The maximum Gasteiger partial charge on any atom is 0.325 e. The predicted octanol–water partition coefficient (Wildman–Crippen LogP) is 2.51. The molecule has 2 fully saturated rings. The maximum atomic E-state index is 12.9. The van der Waals surface area contributed by atoms with Crippen molar-refractivity contribution >= 4 is 35.1 Å². The summed E-state index contributed by atoms with van der Waals surface area (Å²) in [6.07, 6.45) is 3.39. The molecule has 1 saturated heterocycles. The van der Waals surface area contributed by atoms with Gasteiger partial charge in [-0.3, -0.25) is 14.5 Å². The number of hydrogen-bond donors (Lipinski definition) is 2. The summed E-state index contributed by atoms with van der Waals surface area (Å²) in [5, 5.41) is 5.74. The second-order valence-corrected chi connectivity index (χ2v) is 7.58. The Balaban J connectivity index is 1.47. The van der Waals surface area contributed by atoms with Gasteiger partial charge in [-0.15, -0.1) is 0 Å². The van der Waals surface area contributed by atoms with Crippen molar-refractivity contribution in [3.8, 4) is 11.5 Å². The third-order valence-electron chi connectivity index (χ3n) is 5.54. The number of imide groups is 1. The summed E-state index contributed by atoms with van der Waals surface area (Å²) >= 11 is 6.15. The van der Waals surface area contributed by atoms with Crippen LogP contribution in [0.4, 0.5) is 10.5 Å². The van der Waals surface area contributed by atoms with Crippen LogP contribution in [0.5, 0.6) is 11.5 Å². The summed E-state index contributed by atoms with van der Waals surface area (Å²) in [5.74, 6) is 0.172. The van der Waals surface area contributed by atoms with Crippen LogP contribution in [0.15, 0.2) is 12.1 Å². The molecular weight excluding hydrogens is 374 g/mol. The van der Waals surface area contributed by atoms with Crippen LogP contribution in [-0.2, 0) is 9.59 Å². The molecule has 8 nitrogen and oxygen atoms in total. The Kier molecular flexibility index (Phi) is 4.38. The van der Waals surface area contributed by atoms with Gasteiger partial charge in [0, 0.05) is 12.1 Å². The summed E-state index contributed by atoms with van der Waals surface area (Å²) < 4.78 is 10.5. The Hall–Kier alpha value is -2.48. The zero-order chi connectivity index (χ0) is 19.2. The topological polar surface area (TPSA) is 97.0 Å². The fourth-order valence-electron chi connectivity index (χ4n) is 3.99. The molecule has 144 valence electrons. The molecular formula is C18H20ClN3O5. The van der Waals surface area contributed by atoms with E-state index in [-0.39, 0.29) is 30.2 Å². The molecule has 4 amide bonds. The number of rotatable bonds is 3. The van der Waals surface area contributed by atoms with E-state index in [1.54, 1.807) is 12.1 Å². The van der Waals surface area contributed by atoms with E-state index in [1.807, 2.05) is 6.92 Å². The van der Waals surface area contributed by atoms with Crippen molar-refractivity contribution in [3.63, 3.8) is 0 Å². The number of nitrogens with one attached hydrogen (secondary N) is 2. The van der Waals surface area contributed by atoms with Gasteiger partial charge in [0.25, 0.3) is 5.91 Å². The first-order valence-electron chi connectivity index (χ1n) is 8.94. The van der Waals surface area contributed by atoms with E-state index >= 15 is 0 Å². The van der Waals surface area contributed by atoms with Gasteiger partial charge in [0.05, 0.1) is 10.7 Å². The Morgan fingerprint density at radius 1 is 1.33 bits per heavy atom. The smallest absolute Gasteiger partial charge is 0.325 e. The lowest BCUT2D eigenvalue weighted by atomic mass is 9.73. The highest BCUT2D eigenvalue weighted by atomic mass is 35.5. The number of fused-ring (bicyclic) bond motifs is 1. The minimum absolute atomic E-state index is 0.0408. The summed E-state index contributed by atoms with van der Waals surface area (Å²) in [7, 11) is 0. The highest BCUT2D eigenvalue weighted by Gasteiger charge is 2.55. The van der Waals surface area contributed by atoms with Crippen LogP contribution in [-0.4, -0.2) is 41.6 Å². The standard InChI is InChI=1S/C18H20ClN3O5/c1-10-4-2-3-5-18(10)16(24)22(17(25)21-18)8-15(23)20-12-7-14-13(6-11(12)19)26-9-27-14/h6-7,10H,2-5,8-9H2,1H3,(H,20,23)(H,21,25). The zero-order valence-corrected chi connectivity index (χ0v) is 15.6. The molecule has 1 aromatic carbocycles. The van der Waals surface area contributed by atoms with Crippen LogP contribution in [0.25, 0.3) is 0 Å². The summed E-state index contributed by atoms with van der Waals surface area (Å²) in [4.78, 5) is 38.7. The number of amides is 4. The molecule has 2 N–H and O–H groups in total. The van der Waals surface area contributed by atoms with Crippen molar-refractivity contribution in [2.75, 3.05) is 18.7 Å². The monoisotopic (exact) mass is 393 g/mol. The van der Waals surface area contributed by atoms with Crippen molar-refractivity contribution in [1.82, 2.24) is 10.2 Å². The van der Waals surface area contributed by atoms with Crippen LogP contribution in [0, 0.1) is 5.92 Å². The maximum absolute atomic E-state index is 12.9. The second-order valence-electron chi connectivity index (χ2n) is 7.17. The van der Waals surface area contributed by atoms with E-state index in [2.05, 4.69) is 10.6 Å². The van der Waals surface area contributed by atoms with Gasteiger partial charge in [0.15, 0.2) is 11.5 Å². The molecule has 1 saturated carbocycles. The van der Waals surface area contributed by atoms with Crippen LogP contribution < -0.4 is 20.1 Å². The van der Waals surface area contributed by atoms with Gasteiger partial charge < -0.3 is 20.1 Å². The highest BCUT2D eigenvalue weighted by Crippen LogP contribution is 2.40. The van der Waals surface area contributed by atoms with Gasteiger partial charge in [-0.2, -0.15) is 0 Å². The molecule has 3 aliphatic rings. The van der Waals surface area contributed by atoms with E-state index in [1.165, 1.54) is 0 Å². The fraction of sp³-hybridized carbons (Fsp3) is 0.500. The molecule has 2 heterocycles. The molecule has 1 spiro atoms. The minimum atomic E-state index is -0.883. The molecule has 0 bridgehead atoms. The number of urea groups is 1. The van der Waals surface area contributed by atoms with Gasteiger partial charge in [0.2, 0.25) is 12.7 Å². The van der Waals surface area contributed by atoms with Crippen molar-refractivity contribution < 1.29 is 23.9 Å². The lowest BCUT2D eigenvalue weighted by Gasteiger charge is -2.36. The lowest BCUT2D eigenvalue weighted by molar-refractivity contribution is -0.136. The number of nitrogens with zero attached hydrogens (tertiary/aromatic N) is 1. The first-order valence-corrected chi connectivity index (χ1v) is 9.31. The van der Waals surface area contributed by atoms with Gasteiger partial charge in [0.1, 0.15) is 12.1 Å². The lowest BCUT2D eigenvalue weighted by Crippen LogP contribution is -2.54. The van der Waals surface area contributed by atoms with E-state index in [4.69, 9.17) is 21.1 Å². The number of carbonyl (C=O) groups is 3. The largest absolute Gasteiger partial charge is 0.454 e. The van der Waals surface area contributed by atoms with Crippen LogP contribution in [0.3, 0.4) is 0 Å². The number of halogens is 1. The van der Waals surface area contributed by atoms with Gasteiger partial charge in [-0.05, 0) is 18.8 Å². The molecule has 1 aromatic rings. The van der Waals surface area contributed by atoms with Crippen molar-refractivity contribution in [2.45, 2.75) is 38.1 Å². The SMILES string of the molecule is CC1CCCCC12NC(=O)N(CC(=O)Nc1cc3c(cc1Cl)OCO3)C2=O. The quantitative estimate of drug-likeness (QED) is 0.769. The molecule has 2 atom stereocenters. The predicted molar refractivity (Wildman–Crippen MR) is 96.8 cm³/mol. The Morgan fingerprint density at radius 3 is 2.81 bits per heavy atom. The molecule has 0 radical (unpaired) electrons. The fourth-order valence-corrected chi connectivity index (χ4v) is 4.19. The summed E-state index contributed by atoms with van der Waals surface area (Å²) in [6, 6.07) is 2.58. The molecule has 9 heteroatoms. The number of anilines is 1. The second kappa shape index (κ2) is 6.60. The first-order chi connectivity index (χ1) is 12.9. The Morgan fingerprint density at radius 2 is 2.07 bits per heavy atom. The molecule has 2 aliphatic heterocycles. The Bertz CT molecular complexity index is 829.